The molecule has 0 spiro atoms. The highest BCUT2D eigenvalue weighted by Crippen LogP contribution is 2.17. The molecule has 0 radical (unpaired) electrons. The van der Waals surface area contributed by atoms with Crippen LogP contribution in [0.25, 0.3) is 0 Å². The van der Waals surface area contributed by atoms with Gasteiger partial charge in [0.1, 0.15) is 12.0 Å². The molecule has 0 aliphatic heterocycles. The van der Waals surface area contributed by atoms with Crippen molar-refractivity contribution < 1.29 is 14.3 Å². The number of rotatable bonds is 4. The second-order valence-electron chi connectivity index (χ2n) is 4.85. The second kappa shape index (κ2) is 6.15. The van der Waals surface area contributed by atoms with Crippen molar-refractivity contribution in [2.24, 2.45) is 0 Å². The number of hydrogen-bond acceptors (Lipinski definition) is 3. The lowest BCUT2D eigenvalue weighted by Gasteiger charge is -2.07. The van der Waals surface area contributed by atoms with E-state index in [0.29, 0.717) is 22.8 Å². The molecule has 20 heavy (non-hydrogen) atoms. The third kappa shape index (κ3) is 3.32. The molecule has 0 aliphatic rings. The molecule has 0 atom stereocenters. The Morgan fingerprint density at radius 1 is 1.00 bits per heavy atom. The Morgan fingerprint density at radius 3 is 2.10 bits per heavy atom. The summed E-state index contributed by atoms with van der Waals surface area (Å²) < 4.78 is 5.25. The van der Waals surface area contributed by atoms with Crippen LogP contribution in [0.3, 0.4) is 0 Å². The summed E-state index contributed by atoms with van der Waals surface area (Å²) in [5.74, 6) is 0.448. The van der Waals surface area contributed by atoms with Gasteiger partial charge in [0, 0.05) is 5.56 Å². The largest absolute Gasteiger partial charge is 0.423 e. The number of ether oxygens (including phenoxy) is 1. The smallest absolute Gasteiger partial charge is 0.343 e. The summed E-state index contributed by atoms with van der Waals surface area (Å²) in [4.78, 5) is 22.5. The summed E-state index contributed by atoms with van der Waals surface area (Å²) in [6.45, 7) is 4.20. The van der Waals surface area contributed by atoms with E-state index < -0.39 is 5.97 Å². The lowest BCUT2D eigenvalue weighted by atomic mass is 10.0. The predicted molar refractivity (Wildman–Crippen MR) is 77.3 cm³/mol. The zero-order valence-corrected chi connectivity index (χ0v) is 11.5. The minimum absolute atomic E-state index is 0.404. The molecule has 0 saturated carbocycles. The van der Waals surface area contributed by atoms with E-state index in [1.165, 1.54) is 5.56 Å². The van der Waals surface area contributed by atoms with Crippen molar-refractivity contribution in [1.82, 2.24) is 0 Å². The number of hydrogen-bond donors (Lipinski definition) is 0. The molecule has 3 nitrogen and oxygen atoms in total. The molecule has 0 amide bonds. The van der Waals surface area contributed by atoms with E-state index in [-0.39, 0.29) is 0 Å². The molecule has 102 valence electrons. The van der Waals surface area contributed by atoms with Crippen LogP contribution in [0, 0.1) is 0 Å². The molecule has 2 aromatic carbocycles. The average molecular weight is 268 g/mol. The summed E-state index contributed by atoms with van der Waals surface area (Å²) in [7, 11) is 0. The van der Waals surface area contributed by atoms with Gasteiger partial charge in [-0.05, 0) is 47.9 Å². The van der Waals surface area contributed by atoms with E-state index in [1.807, 2.05) is 12.1 Å². The molecule has 0 saturated heterocycles. The van der Waals surface area contributed by atoms with Crippen molar-refractivity contribution in [3.05, 3.63) is 65.2 Å². The van der Waals surface area contributed by atoms with Gasteiger partial charge in [-0.2, -0.15) is 0 Å². The third-order valence-electron chi connectivity index (χ3n) is 3.04. The van der Waals surface area contributed by atoms with E-state index in [1.54, 1.807) is 36.4 Å². The SMILES string of the molecule is CC(C)c1ccc(C(=O)Oc2ccc(C=O)cc2)cc1. The number of aldehydes is 1. The first-order chi connectivity index (χ1) is 9.60. The molecular formula is C17H16O3. The monoisotopic (exact) mass is 268 g/mol. The fraction of sp³-hybridized carbons (Fsp3) is 0.176. The standard InChI is InChI=1S/C17H16O3/c1-12(2)14-5-7-15(8-6-14)17(19)20-16-9-3-13(11-18)4-10-16/h3-12H,1-2H3. The Labute approximate surface area is 118 Å². The van der Waals surface area contributed by atoms with Crippen LogP contribution in [0.1, 0.15) is 46.0 Å². The topological polar surface area (TPSA) is 43.4 Å². The minimum Gasteiger partial charge on any atom is -0.423 e. The van der Waals surface area contributed by atoms with Crippen LogP contribution >= 0.6 is 0 Å². The first-order valence-corrected chi connectivity index (χ1v) is 6.47. The Kier molecular flexibility index (Phi) is 4.31. The molecule has 2 rings (SSSR count). The van der Waals surface area contributed by atoms with Crippen LogP contribution in [0.4, 0.5) is 0 Å². The number of carbonyl (C=O) groups is 2. The predicted octanol–water partition coefficient (Wildman–Crippen LogP) is 3.84. The fourth-order valence-electron chi connectivity index (χ4n) is 1.78. The quantitative estimate of drug-likeness (QED) is 0.480. The van der Waals surface area contributed by atoms with E-state index >= 15 is 0 Å². The maximum atomic E-state index is 12.0. The number of esters is 1. The molecule has 0 bridgehead atoms. The van der Waals surface area contributed by atoms with Gasteiger partial charge in [0.05, 0.1) is 5.56 Å². The molecular weight excluding hydrogens is 252 g/mol. The Hall–Kier alpha value is -2.42. The van der Waals surface area contributed by atoms with Gasteiger partial charge in [-0.15, -0.1) is 0 Å². The van der Waals surface area contributed by atoms with Gasteiger partial charge in [0.25, 0.3) is 0 Å². The van der Waals surface area contributed by atoms with Crippen molar-refractivity contribution >= 4 is 12.3 Å². The Balaban J connectivity index is 2.08. The maximum absolute atomic E-state index is 12.0. The molecule has 2 aromatic rings. The van der Waals surface area contributed by atoms with Crippen molar-refractivity contribution in [2.45, 2.75) is 19.8 Å². The van der Waals surface area contributed by atoms with E-state index in [2.05, 4.69) is 13.8 Å². The summed E-state index contributed by atoms with van der Waals surface area (Å²) in [5, 5.41) is 0. The lowest BCUT2D eigenvalue weighted by Crippen LogP contribution is -2.08. The van der Waals surface area contributed by atoms with E-state index in [0.717, 1.165) is 6.29 Å². The number of carbonyl (C=O) groups excluding carboxylic acids is 2. The van der Waals surface area contributed by atoms with Crippen molar-refractivity contribution in [3.63, 3.8) is 0 Å². The highest BCUT2D eigenvalue weighted by atomic mass is 16.5. The molecule has 0 fully saturated rings. The average Bonchev–Trinajstić information content (AvgIpc) is 2.48. The molecule has 0 aliphatic carbocycles. The van der Waals surface area contributed by atoms with E-state index in [4.69, 9.17) is 4.74 Å². The summed E-state index contributed by atoms with van der Waals surface area (Å²) in [5.41, 5.74) is 2.23. The van der Waals surface area contributed by atoms with Gasteiger partial charge in [0.2, 0.25) is 0 Å². The van der Waals surface area contributed by atoms with Gasteiger partial charge in [-0.1, -0.05) is 26.0 Å². The third-order valence-corrected chi connectivity index (χ3v) is 3.04. The van der Waals surface area contributed by atoms with Crippen LogP contribution in [-0.2, 0) is 0 Å². The lowest BCUT2D eigenvalue weighted by molar-refractivity contribution is 0.0734. The summed E-state index contributed by atoms with van der Waals surface area (Å²) in [6.07, 6.45) is 0.746. The fourth-order valence-corrected chi connectivity index (χ4v) is 1.78. The summed E-state index contributed by atoms with van der Waals surface area (Å²) in [6, 6.07) is 13.8. The zero-order valence-electron chi connectivity index (χ0n) is 11.5. The number of benzene rings is 2. The molecule has 0 N–H and O–H groups in total. The second-order valence-corrected chi connectivity index (χ2v) is 4.85. The van der Waals surface area contributed by atoms with Gasteiger partial charge < -0.3 is 4.74 Å². The van der Waals surface area contributed by atoms with Crippen molar-refractivity contribution in [1.29, 1.82) is 0 Å². The van der Waals surface area contributed by atoms with Crippen LogP contribution in [-0.4, -0.2) is 12.3 Å². The first kappa shape index (κ1) is 14.0. The first-order valence-electron chi connectivity index (χ1n) is 6.47. The molecule has 0 unspecified atom stereocenters. The van der Waals surface area contributed by atoms with Gasteiger partial charge in [-0.3, -0.25) is 4.79 Å². The minimum atomic E-state index is -0.404. The van der Waals surface area contributed by atoms with Crippen LogP contribution < -0.4 is 4.74 Å². The Morgan fingerprint density at radius 2 is 1.60 bits per heavy atom. The molecule has 0 aromatic heterocycles. The van der Waals surface area contributed by atoms with Crippen molar-refractivity contribution in [2.75, 3.05) is 0 Å². The summed E-state index contributed by atoms with van der Waals surface area (Å²) >= 11 is 0. The highest BCUT2D eigenvalue weighted by Gasteiger charge is 2.09. The van der Waals surface area contributed by atoms with Gasteiger partial charge >= 0.3 is 5.97 Å². The molecule has 0 heterocycles. The van der Waals surface area contributed by atoms with E-state index in [9.17, 15) is 9.59 Å². The van der Waals surface area contributed by atoms with Crippen LogP contribution in [0.2, 0.25) is 0 Å². The van der Waals surface area contributed by atoms with Gasteiger partial charge in [0.15, 0.2) is 0 Å². The molecule has 3 heteroatoms. The van der Waals surface area contributed by atoms with Crippen LogP contribution in [0.5, 0.6) is 5.75 Å². The van der Waals surface area contributed by atoms with Crippen LogP contribution in [0.15, 0.2) is 48.5 Å². The highest BCUT2D eigenvalue weighted by molar-refractivity contribution is 5.91. The Bertz CT molecular complexity index is 595. The zero-order chi connectivity index (χ0) is 14.5. The van der Waals surface area contributed by atoms with Crippen molar-refractivity contribution in [3.8, 4) is 5.75 Å². The van der Waals surface area contributed by atoms with Gasteiger partial charge in [-0.25, -0.2) is 4.79 Å². The normalized spacial score (nSPS) is 10.3. The maximum Gasteiger partial charge on any atom is 0.343 e.